The van der Waals surface area contributed by atoms with Crippen molar-refractivity contribution in [2.45, 2.75) is 25.8 Å². The van der Waals surface area contributed by atoms with Crippen LogP contribution in [0.1, 0.15) is 40.5 Å². The Morgan fingerprint density at radius 2 is 2.10 bits per heavy atom. The van der Waals surface area contributed by atoms with Crippen LogP contribution >= 0.6 is 0 Å². The van der Waals surface area contributed by atoms with E-state index in [1.807, 2.05) is 30.0 Å². The van der Waals surface area contributed by atoms with Gasteiger partial charge in [0.2, 0.25) is 0 Å². The van der Waals surface area contributed by atoms with Gasteiger partial charge in [-0.1, -0.05) is 30.3 Å². The minimum atomic E-state index is 0.0265. The SMILES string of the molecule is Cc1ncc(N)cc1C(=O)N1CCCC1c1ccccc1. The number of benzene rings is 1. The average molecular weight is 281 g/mol. The van der Waals surface area contributed by atoms with Gasteiger partial charge in [0, 0.05) is 6.54 Å². The van der Waals surface area contributed by atoms with E-state index in [9.17, 15) is 4.79 Å². The summed E-state index contributed by atoms with van der Waals surface area (Å²) >= 11 is 0. The van der Waals surface area contributed by atoms with Gasteiger partial charge < -0.3 is 10.6 Å². The summed E-state index contributed by atoms with van der Waals surface area (Å²) < 4.78 is 0. The molecule has 0 radical (unpaired) electrons. The van der Waals surface area contributed by atoms with Crippen LogP contribution in [0.3, 0.4) is 0 Å². The normalized spacial score (nSPS) is 18.0. The number of amides is 1. The van der Waals surface area contributed by atoms with Gasteiger partial charge in [0.15, 0.2) is 0 Å². The Balaban J connectivity index is 1.92. The Morgan fingerprint density at radius 1 is 1.33 bits per heavy atom. The Kier molecular flexibility index (Phi) is 3.60. The quantitative estimate of drug-likeness (QED) is 0.920. The standard InChI is InChI=1S/C17H19N3O/c1-12-15(10-14(18)11-19-12)17(21)20-9-5-8-16(20)13-6-3-2-4-7-13/h2-4,6-7,10-11,16H,5,8-9,18H2,1H3. The molecule has 1 aliphatic heterocycles. The van der Waals surface area contributed by atoms with E-state index >= 15 is 0 Å². The van der Waals surface area contributed by atoms with Gasteiger partial charge in [-0.3, -0.25) is 9.78 Å². The molecule has 0 bridgehead atoms. The van der Waals surface area contributed by atoms with Crippen LogP contribution in [-0.4, -0.2) is 22.3 Å². The van der Waals surface area contributed by atoms with Gasteiger partial charge in [-0.15, -0.1) is 0 Å². The number of nitrogens with zero attached hydrogens (tertiary/aromatic N) is 2. The van der Waals surface area contributed by atoms with Gasteiger partial charge in [0.25, 0.3) is 5.91 Å². The van der Waals surface area contributed by atoms with Crippen molar-refractivity contribution in [2.75, 3.05) is 12.3 Å². The largest absolute Gasteiger partial charge is 0.397 e. The highest BCUT2D eigenvalue weighted by Gasteiger charge is 2.31. The summed E-state index contributed by atoms with van der Waals surface area (Å²) in [5.41, 5.74) is 8.83. The highest BCUT2D eigenvalue weighted by Crippen LogP contribution is 2.33. The predicted octanol–water partition coefficient (Wildman–Crippen LogP) is 2.95. The molecule has 1 saturated heterocycles. The van der Waals surface area contributed by atoms with E-state index in [2.05, 4.69) is 17.1 Å². The van der Waals surface area contributed by atoms with E-state index in [0.717, 1.165) is 25.1 Å². The fourth-order valence-electron chi connectivity index (χ4n) is 2.95. The third-order valence-corrected chi connectivity index (χ3v) is 4.04. The van der Waals surface area contributed by atoms with Crippen molar-refractivity contribution >= 4 is 11.6 Å². The summed E-state index contributed by atoms with van der Waals surface area (Å²) in [5, 5.41) is 0. The van der Waals surface area contributed by atoms with E-state index < -0.39 is 0 Å². The van der Waals surface area contributed by atoms with Crippen LogP contribution in [-0.2, 0) is 0 Å². The maximum absolute atomic E-state index is 12.8. The number of aryl methyl sites for hydroxylation is 1. The monoisotopic (exact) mass is 281 g/mol. The highest BCUT2D eigenvalue weighted by molar-refractivity contribution is 5.96. The zero-order chi connectivity index (χ0) is 14.8. The Morgan fingerprint density at radius 3 is 2.86 bits per heavy atom. The molecule has 0 aliphatic carbocycles. The minimum Gasteiger partial charge on any atom is -0.397 e. The van der Waals surface area contributed by atoms with Crippen LogP contribution in [0.2, 0.25) is 0 Å². The molecule has 2 aromatic rings. The summed E-state index contributed by atoms with van der Waals surface area (Å²) in [6.07, 6.45) is 3.62. The van der Waals surface area contributed by atoms with Gasteiger partial charge in [-0.2, -0.15) is 0 Å². The fourth-order valence-corrected chi connectivity index (χ4v) is 2.95. The van der Waals surface area contributed by atoms with Crippen LogP contribution < -0.4 is 5.73 Å². The van der Waals surface area contributed by atoms with E-state index in [-0.39, 0.29) is 11.9 Å². The minimum absolute atomic E-state index is 0.0265. The smallest absolute Gasteiger partial charge is 0.256 e. The second-order valence-corrected chi connectivity index (χ2v) is 5.47. The van der Waals surface area contributed by atoms with Gasteiger partial charge >= 0.3 is 0 Å². The number of nitrogens with two attached hydrogens (primary N) is 1. The molecule has 1 aliphatic rings. The number of nitrogen functional groups attached to an aromatic ring is 1. The molecular formula is C17H19N3O. The zero-order valence-electron chi connectivity index (χ0n) is 12.1. The van der Waals surface area contributed by atoms with E-state index in [4.69, 9.17) is 5.73 Å². The van der Waals surface area contributed by atoms with Crippen molar-refractivity contribution < 1.29 is 4.79 Å². The Bertz CT molecular complexity index is 654. The third kappa shape index (κ3) is 2.61. The summed E-state index contributed by atoms with van der Waals surface area (Å²) in [6, 6.07) is 12.1. The molecule has 0 spiro atoms. The molecule has 0 saturated carbocycles. The first-order valence-corrected chi connectivity index (χ1v) is 7.25. The molecule has 1 fully saturated rings. The lowest BCUT2D eigenvalue weighted by molar-refractivity contribution is 0.0734. The summed E-state index contributed by atoms with van der Waals surface area (Å²) in [5.74, 6) is 0.0265. The first kappa shape index (κ1) is 13.6. The molecule has 1 unspecified atom stereocenters. The number of carbonyl (C=O) groups excluding carboxylic acids is 1. The zero-order valence-corrected chi connectivity index (χ0v) is 12.1. The van der Waals surface area contributed by atoms with E-state index in [1.54, 1.807) is 12.3 Å². The number of hydrogen-bond donors (Lipinski definition) is 1. The number of likely N-dealkylation sites (tertiary alicyclic amines) is 1. The van der Waals surface area contributed by atoms with Gasteiger partial charge in [-0.05, 0) is 31.4 Å². The summed E-state index contributed by atoms with van der Waals surface area (Å²) in [4.78, 5) is 19.0. The molecule has 2 N–H and O–H groups in total. The van der Waals surface area contributed by atoms with Gasteiger partial charge in [0.1, 0.15) is 0 Å². The van der Waals surface area contributed by atoms with Crippen molar-refractivity contribution in [2.24, 2.45) is 0 Å². The molecule has 4 nitrogen and oxygen atoms in total. The molecule has 4 heteroatoms. The van der Waals surface area contributed by atoms with Crippen molar-refractivity contribution in [1.82, 2.24) is 9.88 Å². The van der Waals surface area contributed by atoms with Crippen molar-refractivity contribution in [1.29, 1.82) is 0 Å². The lowest BCUT2D eigenvalue weighted by Gasteiger charge is -2.25. The number of pyridine rings is 1. The van der Waals surface area contributed by atoms with Crippen molar-refractivity contribution in [3.8, 4) is 0 Å². The number of rotatable bonds is 2. The van der Waals surface area contributed by atoms with Crippen LogP contribution in [0.4, 0.5) is 5.69 Å². The molecule has 1 atom stereocenters. The number of anilines is 1. The number of carbonyl (C=O) groups is 1. The van der Waals surface area contributed by atoms with E-state index in [0.29, 0.717) is 11.3 Å². The summed E-state index contributed by atoms with van der Waals surface area (Å²) in [6.45, 7) is 2.63. The van der Waals surface area contributed by atoms with Crippen LogP contribution in [0.25, 0.3) is 0 Å². The summed E-state index contributed by atoms with van der Waals surface area (Å²) in [7, 11) is 0. The van der Waals surface area contributed by atoms with Crippen LogP contribution in [0, 0.1) is 6.92 Å². The second-order valence-electron chi connectivity index (χ2n) is 5.47. The number of hydrogen-bond acceptors (Lipinski definition) is 3. The lowest BCUT2D eigenvalue weighted by Crippen LogP contribution is -2.31. The molecule has 2 heterocycles. The predicted molar refractivity (Wildman–Crippen MR) is 82.8 cm³/mol. The maximum Gasteiger partial charge on any atom is 0.256 e. The maximum atomic E-state index is 12.8. The lowest BCUT2D eigenvalue weighted by atomic mass is 10.0. The molecule has 108 valence electrons. The van der Waals surface area contributed by atoms with Gasteiger partial charge in [-0.25, -0.2) is 0 Å². The van der Waals surface area contributed by atoms with Crippen molar-refractivity contribution in [3.05, 3.63) is 59.4 Å². The molecular weight excluding hydrogens is 262 g/mol. The highest BCUT2D eigenvalue weighted by atomic mass is 16.2. The van der Waals surface area contributed by atoms with Crippen LogP contribution in [0.5, 0.6) is 0 Å². The molecule has 3 rings (SSSR count). The Hall–Kier alpha value is -2.36. The number of aromatic nitrogens is 1. The second kappa shape index (κ2) is 5.56. The molecule has 1 aromatic carbocycles. The van der Waals surface area contributed by atoms with Gasteiger partial charge in [0.05, 0.1) is 29.2 Å². The molecule has 21 heavy (non-hydrogen) atoms. The van der Waals surface area contributed by atoms with Crippen LogP contribution in [0.15, 0.2) is 42.6 Å². The average Bonchev–Trinajstić information content (AvgIpc) is 2.99. The van der Waals surface area contributed by atoms with Crippen molar-refractivity contribution in [3.63, 3.8) is 0 Å². The third-order valence-electron chi connectivity index (χ3n) is 4.04. The first-order valence-electron chi connectivity index (χ1n) is 7.25. The Labute approximate surface area is 124 Å². The van der Waals surface area contributed by atoms with E-state index in [1.165, 1.54) is 5.56 Å². The topological polar surface area (TPSA) is 59.2 Å². The first-order chi connectivity index (χ1) is 10.2. The molecule has 1 amide bonds. The molecule has 1 aromatic heterocycles. The fraction of sp³-hybridized carbons (Fsp3) is 0.294.